The number of alkyl halides is 3. The van der Waals surface area contributed by atoms with Crippen molar-refractivity contribution in [1.82, 2.24) is 14.9 Å². The fraction of sp³-hybridized carbons (Fsp3) is 0.364. The molecule has 0 unspecified atom stereocenters. The quantitative estimate of drug-likeness (QED) is 0.577. The Balaban J connectivity index is 1.33. The Hall–Kier alpha value is -3.07. The van der Waals surface area contributed by atoms with Gasteiger partial charge in [-0.3, -0.25) is 4.90 Å². The van der Waals surface area contributed by atoms with Gasteiger partial charge < -0.3 is 15.1 Å². The van der Waals surface area contributed by atoms with Gasteiger partial charge in [-0.2, -0.15) is 18.2 Å². The Labute approximate surface area is 177 Å². The van der Waals surface area contributed by atoms with Gasteiger partial charge in [0.15, 0.2) is 0 Å². The van der Waals surface area contributed by atoms with Crippen molar-refractivity contribution in [2.75, 3.05) is 17.2 Å². The molecule has 1 fully saturated rings. The van der Waals surface area contributed by atoms with Gasteiger partial charge >= 0.3 is 6.18 Å². The van der Waals surface area contributed by atoms with Crippen LogP contribution >= 0.6 is 0 Å². The number of hydrogen-bond donors (Lipinski definition) is 2. The third-order valence-corrected chi connectivity index (χ3v) is 5.55. The first-order valence-corrected chi connectivity index (χ1v) is 10.3. The summed E-state index contributed by atoms with van der Waals surface area (Å²) >= 11 is 0. The molecule has 2 aromatic heterocycles. The number of halogens is 3. The van der Waals surface area contributed by atoms with Crippen molar-refractivity contribution in [3.8, 4) is 0 Å². The number of fused-ring (bicyclic) bond motifs is 1. The van der Waals surface area contributed by atoms with E-state index < -0.39 is 11.7 Å². The molecular weight excluding hydrogens is 407 g/mol. The van der Waals surface area contributed by atoms with Crippen LogP contribution in [0.1, 0.15) is 35.1 Å². The zero-order valence-electron chi connectivity index (χ0n) is 16.7. The van der Waals surface area contributed by atoms with Crippen molar-refractivity contribution in [2.24, 2.45) is 0 Å². The Morgan fingerprint density at radius 1 is 1.16 bits per heavy atom. The van der Waals surface area contributed by atoms with E-state index in [2.05, 4.69) is 31.6 Å². The summed E-state index contributed by atoms with van der Waals surface area (Å²) in [5.74, 6) is -0.0288. The Kier molecular flexibility index (Phi) is 5.05. The minimum Gasteiger partial charge on any atom is -0.472 e. The van der Waals surface area contributed by atoms with Gasteiger partial charge in [-0.1, -0.05) is 6.07 Å². The van der Waals surface area contributed by atoms with Crippen molar-refractivity contribution < 1.29 is 17.6 Å². The van der Waals surface area contributed by atoms with E-state index in [1.54, 1.807) is 12.5 Å². The fourth-order valence-electron chi connectivity index (χ4n) is 3.78. The summed E-state index contributed by atoms with van der Waals surface area (Å²) in [7, 11) is 0. The molecule has 1 saturated carbocycles. The maximum atomic E-state index is 13.3. The summed E-state index contributed by atoms with van der Waals surface area (Å²) in [6.45, 7) is 2.56. The van der Waals surface area contributed by atoms with Gasteiger partial charge in [0, 0.05) is 43.1 Å². The molecule has 0 bridgehead atoms. The van der Waals surface area contributed by atoms with Gasteiger partial charge in [-0.25, -0.2) is 4.98 Å². The van der Waals surface area contributed by atoms with E-state index in [4.69, 9.17) is 4.42 Å². The maximum absolute atomic E-state index is 13.3. The SMILES string of the molecule is FC(F)(F)c1cnc(Nc2ccc3c(c2)CN(Cc2ccoc2)CC3)nc1NC1CC1. The lowest BCUT2D eigenvalue weighted by Gasteiger charge is -2.28. The van der Waals surface area contributed by atoms with Gasteiger partial charge in [0.05, 0.1) is 12.5 Å². The van der Waals surface area contributed by atoms with Crippen molar-refractivity contribution in [3.63, 3.8) is 0 Å². The molecular formula is C22H22F3N5O. The van der Waals surface area contributed by atoms with E-state index in [1.807, 2.05) is 18.2 Å². The zero-order valence-corrected chi connectivity index (χ0v) is 16.7. The molecule has 2 aliphatic rings. The third-order valence-electron chi connectivity index (χ3n) is 5.55. The lowest BCUT2D eigenvalue weighted by Crippen LogP contribution is -2.29. The van der Waals surface area contributed by atoms with Crippen molar-refractivity contribution in [2.45, 2.75) is 44.6 Å². The molecule has 1 aromatic carbocycles. The monoisotopic (exact) mass is 429 g/mol. The fourth-order valence-corrected chi connectivity index (χ4v) is 3.78. The van der Waals surface area contributed by atoms with Crippen LogP contribution in [0.2, 0.25) is 0 Å². The van der Waals surface area contributed by atoms with Gasteiger partial charge in [0.2, 0.25) is 5.95 Å². The summed E-state index contributed by atoms with van der Waals surface area (Å²) in [5, 5.41) is 5.93. The second-order valence-corrected chi connectivity index (χ2v) is 8.07. The normalized spacial score (nSPS) is 16.7. The summed E-state index contributed by atoms with van der Waals surface area (Å²) in [6, 6.07) is 8.00. The van der Waals surface area contributed by atoms with Gasteiger partial charge in [-0.05, 0) is 48.6 Å². The predicted octanol–water partition coefficient (Wildman–Crippen LogP) is 4.96. The minimum absolute atomic E-state index is 0.0498. The van der Waals surface area contributed by atoms with E-state index in [-0.39, 0.29) is 17.8 Å². The molecule has 2 N–H and O–H groups in total. The molecule has 6 nitrogen and oxygen atoms in total. The molecule has 9 heteroatoms. The van der Waals surface area contributed by atoms with Crippen molar-refractivity contribution in [3.05, 3.63) is 65.2 Å². The first-order valence-electron chi connectivity index (χ1n) is 10.3. The predicted molar refractivity (Wildman–Crippen MR) is 110 cm³/mol. The minimum atomic E-state index is -4.50. The molecule has 0 spiro atoms. The molecule has 3 heterocycles. The molecule has 0 radical (unpaired) electrons. The summed E-state index contributed by atoms with van der Waals surface area (Å²) < 4.78 is 45.0. The number of nitrogens with zero attached hydrogens (tertiary/aromatic N) is 3. The number of rotatable bonds is 6. The van der Waals surface area contributed by atoms with Crippen molar-refractivity contribution >= 4 is 17.5 Å². The molecule has 0 atom stereocenters. The number of hydrogen-bond acceptors (Lipinski definition) is 6. The molecule has 1 aliphatic carbocycles. The van der Waals surface area contributed by atoms with Crippen LogP contribution in [0.15, 0.2) is 47.4 Å². The van der Waals surface area contributed by atoms with Crippen LogP contribution in [-0.2, 0) is 25.7 Å². The average molecular weight is 429 g/mol. The third kappa shape index (κ3) is 4.66. The average Bonchev–Trinajstić information content (AvgIpc) is 3.39. The summed E-state index contributed by atoms with van der Waals surface area (Å²) in [5.41, 5.74) is 3.50. The molecule has 31 heavy (non-hydrogen) atoms. The van der Waals surface area contributed by atoms with Gasteiger partial charge in [0.25, 0.3) is 0 Å². The van der Waals surface area contributed by atoms with Crippen LogP contribution in [-0.4, -0.2) is 27.5 Å². The number of furan rings is 1. The van der Waals surface area contributed by atoms with Crippen LogP contribution in [0.5, 0.6) is 0 Å². The van der Waals surface area contributed by atoms with E-state index in [0.29, 0.717) is 0 Å². The van der Waals surface area contributed by atoms with Crippen LogP contribution in [0.4, 0.5) is 30.6 Å². The number of benzene rings is 1. The summed E-state index contributed by atoms with van der Waals surface area (Å²) in [6.07, 6.45) is 2.41. The lowest BCUT2D eigenvalue weighted by molar-refractivity contribution is -0.137. The number of anilines is 3. The van der Waals surface area contributed by atoms with E-state index in [0.717, 1.165) is 56.3 Å². The second-order valence-electron chi connectivity index (χ2n) is 8.07. The van der Waals surface area contributed by atoms with Crippen LogP contribution in [0, 0.1) is 0 Å². The maximum Gasteiger partial charge on any atom is 0.421 e. The van der Waals surface area contributed by atoms with Gasteiger partial charge in [-0.15, -0.1) is 0 Å². The lowest BCUT2D eigenvalue weighted by atomic mass is 9.99. The van der Waals surface area contributed by atoms with Gasteiger partial charge in [0.1, 0.15) is 11.4 Å². The highest BCUT2D eigenvalue weighted by Crippen LogP contribution is 2.36. The smallest absolute Gasteiger partial charge is 0.421 e. The topological polar surface area (TPSA) is 66.2 Å². The molecule has 0 saturated heterocycles. The first-order chi connectivity index (χ1) is 14.9. The second kappa shape index (κ2) is 7.88. The van der Waals surface area contributed by atoms with E-state index >= 15 is 0 Å². The van der Waals surface area contributed by atoms with Crippen LogP contribution in [0.3, 0.4) is 0 Å². The largest absolute Gasteiger partial charge is 0.472 e. The Morgan fingerprint density at radius 3 is 2.77 bits per heavy atom. The van der Waals surface area contributed by atoms with Crippen LogP contribution in [0.25, 0.3) is 0 Å². The van der Waals surface area contributed by atoms with E-state index in [9.17, 15) is 13.2 Å². The zero-order chi connectivity index (χ0) is 21.4. The Bertz CT molecular complexity index is 1060. The molecule has 162 valence electrons. The number of nitrogens with one attached hydrogen (secondary N) is 2. The van der Waals surface area contributed by atoms with Crippen molar-refractivity contribution in [1.29, 1.82) is 0 Å². The summed E-state index contributed by atoms with van der Waals surface area (Å²) in [4.78, 5) is 10.4. The highest BCUT2D eigenvalue weighted by Gasteiger charge is 2.36. The molecule has 0 amide bonds. The molecule has 5 rings (SSSR count). The molecule has 3 aromatic rings. The Morgan fingerprint density at radius 2 is 2.03 bits per heavy atom. The van der Waals surface area contributed by atoms with E-state index in [1.165, 1.54) is 11.1 Å². The standard InChI is InChI=1S/C22H22F3N5O/c23-22(24,25)19-10-26-21(29-20(19)27-17-3-4-17)28-18-2-1-15-5-7-30(12-16(15)9-18)11-14-6-8-31-13-14/h1-2,6,8-10,13,17H,3-5,7,11-12H2,(H2,26,27,28,29). The van der Waals surface area contributed by atoms with Crippen LogP contribution < -0.4 is 10.6 Å². The molecule has 1 aliphatic heterocycles. The first kappa shape index (κ1) is 19.9. The highest BCUT2D eigenvalue weighted by atomic mass is 19.4. The number of aromatic nitrogens is 2. The highest BCUT2D eigenvalue weighted by molar-refractivity contribution is 5.59.